The van der Waals surface area contributed by atoms with Gasteiger partial charge in [-0.2, -0.15) is 0 Å². The van der Waals surface area contributed by atoms with Crippen LogP contribution in [0.15, 0.2) is 24.3 Å². The molecule has 0 aliphatic heterocycles. The minimum atomic E-state index is -0.193. The van der Waals surface area contributed by atoms with Crippen LogP contribution in [0.2, 0.25) is 0 Å². The van der Waals surface area contributed by atoms with E-state index in [0.717, 1.165) is 22.2 Å². The van der Waals surface area contributed by atoms with Gasteiger partial charge in [0.1, 0.15) is 0 Å². The van der Waals surface area contributed by atoms with Gasteiger partial charge in [-0.1, -0.05) is 31.0 Å². The molecule has 1 heterocycles. The highest BCUT2D eigenvalue weighted by molar-refractivity contribution is 6.05. The van der Waals surface area contributed by atoms with Crippen molar-refractivity contribution in [1.29, 1.82) is 0 Å². The van der Waals surface area contributed by atoms with E-state index >= 15 is 0 Å². The van der Waals surface area contributed by atoms with Gasteiger partial charge in [-0.15, -0.1) is 0 Å². The Morgan fingerprint density at radius 3 is 2.79 bits per heavy atom. The predicted octanol–water partition coefficient (Wildman–Crippen LogP) is 4.00. The van der Waals surface area contributed by atoms with Gasteiger partial charge in [-0.3, -0.25) is 0 Å². The number of fused-ring (bicyclic) bond motifs is 1. The summed E-state index contributed by atoms with van der Waals surface area (Å²) < 4.78 is 5.24. The monoisotopic (exact) mass is 257 g/mol. The van der Waals surface area contributed by atoms with E-state index in [9.17, 15) is 4.79 Å². The molecule has 1 N–H and O–H groups in total. The third kappa shape index (κ3) is 2.14. The molecule has 0 unspecified atom stereocenters. The quantitative estimate of drug-likeness (QED) is 0.844. The molecule has 1 fully saturated rings. The van der Waals surface area contributed by atoms with Gasteiger partial charge in [0.25, 0.3) is 0 Å². The lowest BCUT2D eigenvalue weighted by Gasteiger charge is -2.10. The zero-order chi connectivity index (χ0) is 13.2. The van der Waals surface area contributed by atoms with Gasteiger partial charge in [-0.25, -0.2) is 4.79 Å². The Bertz CT molecular complexity index is 594. The second-order valence-corrected chi connectivity index (χ2v) is 5.16. The first-order chi connectivity index (χ1) is 9.31. The van der Waals surface area contributed by atoms with Gasteiger partial charge in [0.15, 0.2) is 0 Å². The number of para-hydroxylation sites is 1. The smallest absolute Gasteiger partial charge is 0.340 e. The van der Waals surface area contributed by atoms with Gasteiger partial charge < -0.3 is 9.72 Å². The number of H-pyrrole nitrogens is 1. The number of rotatable bonds is 3. The lowest BCUT2D eigenvalue weighted by molar-refractivity contribution is 0.0527. The van der Waals surface area contributed by atoms with Crippen LogP contribution in [0.1, 0.15) is 54.6 Å². The van der Waals surface area contributed by atoms with Crippen molar-refractivity contribution in [1.82, 2.24) is 4.98 Å². The van der Waals surface area contributed by atoms with Gasteiger partial charge in [0.2, 0.25) is 0 Å². The predicted molar refractivity (Wildman–Crippen MR) is 75.5 cm³/mol. The molecule has 1 aliphatic rings. The maximum absolute atomic E-state index is 12.3. The molecule has 1 aromatic carbocycles. The molecule has 3 nitrogen and oxygen atoms in total. The first-order valence-corrected chi connectivity index (χ1v) is 7.09. The highest BCUT2D eigenvalue weighted by Crippen LogP contribution is 2.38. The molecular weight excluding hydrogens is 238 g/mol. The molecule has 0 spiro atoms. The molecule has 1 aromatic heterocycles. The van der Waals surface area contributed by atoms with Gasteiger partial charge >= 0.3 is 5.97 Å². The van der Waals surface area contributed by atoms with Crippen LogP contribution in [0.5, 0.6) is 0 Å². The Labute approximate surface area is 113 Å². The fourth-order valence-electron chi connectivity index (χ4n) is 3.11. The summed E-state index contributed by atoms with van der Waals surface area (Å²) in [5, 5.41) is 0.989. The van der Waals surface area contributed by atoms with E-state index in [-0.39, 0.29) is 5.97 Å². The van der Waals surface area contributed by atoms with Crippen molar-refractivity contribution in [3.63, 3.8) is 0 Å². The molecule has 3 rings (SSSR count). The van der Waals surface area contributed by atoms with Crippen molar-refractivity contribution in [3.05, 3.63) is 35.5 Å². The number of carbonyl (C=O) groups excluding carboxylic acids is 1. The fraction of sp³-hybridized carbons (Fsp3) is 0.438. The molecule has 0 amide bonds. The molecule has 100 valence electrons. The normalized spacial score (nSPS) is 16.1. The first kappa shape index (κ1) is 12.3. The average Bonchev–Trinajstić information content (AvgIpc) is 3.06. The summed E-state index contributed by atoms with van der Waals surface area (Å²) in [6.45, 7) is 2.27. The van der Waals surface area contributed by atoms with E-state index in [4.69, 9.17) is 4.74 Å². The molecule has 2 aromatic rings. The zero-order valence-corrected chi connectivity index (χ0v) is 11.2. The number of aromatic nitrogens is 1. The second-order valence-electron chi connectivity index (χ2n) is 5.16. The van der Waals surface area contributed by atoms with Crippen LogP contribution in [0.25, 0.3) is 10.9 Å². The number of esters is 1. The molecular formula is C16H19NO2. The van der Waals surface area contributed by atoms with Crippen molar-refractivity contribution in [2.75, 3.05) is 6.61 Å². The third-order valence-electron chi connectivity index (χ3n) is 3.98. The standard InChI is InChI=1S/C16H19NO2/c1-2-19-16(18)14-12-9-5-6-10-13(12)17-15(14)11-7-3-4-8-11/h5-6,9-11,17H,2-4,7-8H2,1H3. The molecule has 0 atom stereocenters. The molecule has 0 radical (unpaired) electrons. The minimum absolute atomic E-state index is 0.193. The maximum atomic E-state index is 12.3. The lowest BCUT2D eigenvalue weighted by atomic mass is 9.99. The number of nitrogens with one attached hydrogen (secondary N) is 1. The van der Waals surface area contributed by atoms with Gasteiger partial charge in [-0.05, 0) is 31.7 Å². The van der Waals surface area contributed by atoms with Gasteiger partial charge in [0, 0.05) is 16.6 Å². The molecule has 0 bridgehead atoms. The summed E-state index contributed by atoms with van der Waals surface area (Å²) in [6, 6.07) is 7.98. The molecule has 3 heteroatoms. The van der Waals surface area contributed by atoms with Crippen molar-refractivity contribution in [2.45, 2.75) is 38.5 Å². The topological polar surface area (TPSA) is 42.1 Å². The number of benzene rings is 1. The zero-order valence-electron chi connectivity index (χ0n) is 11.2. The van der Waals surface area contributed by atoms with Crippen LogP contribution in [-0.2, 0) is 4.74 Å². The lowest BCUT2D eigenvalue weighted by Crippen LogP contribution is -2.08. The summed E-state index contributed by atoms with van der Waals surface area (Å²) in [7, 11) is 0. The van der Waals surface area contributed by atoms with E-state index in [2.05, 4.69) is 4.98 Å². The van der Waals surface area contributed by atoms with Crippen LogP contribution in [0.4, 0.5) is 0 Å². The van der Waals surface area contributed by atoms with Crippen molar-refractivity contribution in [2.24, 2.45) is 0 Å². The molecule has 1 saturated carbocycles. The fourth-order valence-corrected chi connectivity index (χ4v) is 3.11. The summed E-state index contributed by atoms with van der Waals surface area (Å²) in [5.74, 6) is 0.286. The van der Waals surface area contributed by atoms with Gasteiger partial charge in [0.05, 0.1) is 12.2 Å². The van der Waals surface area contributed by atoms with E-state index in [0.29, 0.717) is 12.5 Å². The Morgan fingerprint density at radius 2 is 2.05 bits per heavy atom. The minimum Gasteiger partial charge on any atom is -0.462 e. The number of hydrogen-bond acceptors (Lipinski definition) is 2. The van der Waals surface area contributed by atoms with Crippen LogP contribution in [0, 0.1) is 0 Å². The molecule has 0 saturated heterocycles. The summed E-state index contributed by atoms with van der Waals surface area (Å²) in [6.07, 6.45) is 4.84. The SMILES string of the molecule is CCOC(=O)c1c(C2CCCC2)[nH]c2ccccc12. The second kappa shape index (κ2) is 5.08. The van der Waals surface area contributed by atoms with Crippen LogP contribution < -0.4 is 0 Å². The Morgan fingerprint density at radius 1 is 1.32 bits per heavy atom. The van der Waals surface area contributed by atoms with E-state index in [1.165, 1.54) is 25.7 Å². The third-order valence-corrected chi connectivity index (χ3v) is 3.98. The number of ether oxygens (including phenoxy) is 1. The average molecular weight is 257 g/mol. The first-order valence-electron chi connectivity index (χ1n) is 7.09. The van der Waals surface area contributed by atoms with Crippen molar-refractivity contribution < 1.29 is 9.53 Å². The maximum Gasteiger partial charge on any atom is 0.340 e. The summed E-state index contributed by atoms with van der Waals surface area (Å²) >= 11 is 0. The Hall–Kier alpha value is -1.77. The molecule has 19 heavy (non-hydrogen) atoms. The number of carbonyl (C=O) groups is 1. The highest BCUT2D eigenvalue weighted by Gasteiger charge is 2.27. The number of aromatic amines is 1. The largest absolute Gasteiger partial charge is 0.462 e. The summed E-state index contributed by atoms with van der Waals surface area (Å²) in [4.78, 5) is 15.7. The van der Waals surface area contributed by atoms with Crippen LogP contribution in [0.3, 0.4) is 0 Å². The van der Waals surface area contributed by atoms with E-state index < -0.39 is 0 Å². The Kier molecular flexibility index (Phi) is 3.28. The van der Waals surface area contributed by atoms with Crippen molar-refractivity contribution >= 4 is 16.9 Å². The molecule has 1 aliphatic carbocycles. The van der Waals surface area contributed by atoms with Crippen LogP contribution >= 0.6 is 0 Å². The van der Waals surface area contributed by atoms with E-state index in [1.54, 1.807) is 0 Å². The number of hydrogen-bond donors (Lipinski definition) is 1. The Balaban J connectivity index is 2.13. The van der Waals surface area contributed by atoms with E-state index in [1.807, 2.05) is 31.2 Å². The van der Waals surface area contributed by atoms with Crippen molar-refractivity contribution in [3.8, 4) is 0 Å². The highest BCUT2D eigenvalue weighted by atomic mass is 16.5. The summed E-state index contributed by atoms with van der Waals surface area (Å²) in [5.41, 5.74) is 2.87. The van der Waals surface area contributed by atoms with Crippen LogP contribution in [-0.4, -0.2) is 17.6 Å².